The van der Waals surface area contributed by atoms with Gasteiger partial charge in [-0.15, -0.1) is 11.3 Å². The van der Waals surface area contributed by atoms with Crippen LogP contribution in [0.15, 0.2) is 35.7 Å². The molecule has 172 valence electrons. The number of hydrogen-bond acceptors (Lipinski definition) is 5. The average molecular weight is 464 g/mol. The Bertz CT molecular complexity index is 1160. The van der Waals surface area contributed by atoms with Gasteiger partial charge in [0.15, 0.2) is 5.69 Å². The number of benzene rings is 1. The lowest BCUT2D eigenvalue weighted by Crippen LogP contribution is -2.49. The number of nitrogens with one attached hydrogen (secondary N) is 1. The Hall–Kier alpha value is -3.13. The van der Waals surface area contributed by atoms with E-state index in [1.54, 1.807) is 11.3 Å². The molecular formula is C25H29N5O2S. The molecule has 1 aromatic carbocycles. The average Bonchev–Trinajstić information content (AvgIpc) is 3.49. The zero-order chi connectivity index (χ0) is 22.9. The van der Waals surface area contributed by atoms with Crippen LogP contribution in [-0.4, -0.2) is 64.5 Å². The molecule has 0 saturated carbocycles. The third kappa shape index (κ3) is 4.39. The quantitative estimate of drug-likeness (QED) is 0.645. The number of carbonyl (C=O) groups is 2. The minimum atomic E-state index is -0.0410. The fourth-order valence-electron chi connectivity index (χ4n) is 4.72. The summed E-state index contributed by atoms with van der Waals surface area (Å²) in [6.45, 7) is 8.26. The van der Waals surface area contributed by atoms with Crippen molar-refractivity contribution in [1.29, 1.82) is 0 Å². The number of amides is 2. The number of anilines is 1. The van der Waals surface area contributed by atoms with Gasteiger partial charge in [-0.25, -0.2) is 0 Å². The van der Waals surface area contributed by atoms with Crippen molar-refractivity contribution in [2.24, 2.45) is 0 Å². The number of aromatic amines is 1. The maximum absolute atomic E-state index is 13.4. The first-order chi connectivity index (χ1) is 16.0. The molecule has 1 fully saturated rings. The summed E-state index contributed by atoms with van der Waals surface area (Å²) in [6, 6.07) is 10.5. The molecule has 2 amide bonds. The highest BCUT2D eigenvalue weighted by Gasteiger charge is 2.31. The fraction of sp³-hybridized carbons (Fsp3) is 0.400. The minimum absolute atomic E-state index is 0.0410. The van der Waals surface area contributed by atoms with E-state index in [9.17, 15) is 9.59 Å². The van der Waals surface area contributed by atoms with E-state index in [2.05, 4.69) is 47.1 Å². The van der Waals surface area contributed by atoms with Crippen molar-refractivity contribution in [3.05, 3.63) is 68.7 Å². The van der Waals surface area contributed by atoms with E-state index in [-0.39, 0.29) is 11.8 Å². The van der Waals surface area contributed by atoms with Crippen LogP contribution < -0.4 is 4.90 Å². The van der Waals surface area contributed by atoms with E-state index in [1.165, 1.54) is 16.8 Å². The molecule has 2 aliphatic heterocycles. The van der Waals surface area contributed by atoms with Crippen LogP contribution in [0.4, 0.5) is 5.69 Å². The third-order valence-corrected chi connectivity index (χ3v) is 7.54. The monoisotopic (exact) mass is 463 g/mol. The number of H-pyrrole nitrogens is 1. The summed E-state index contributed by atoms with van der Waals surface area (Å²) >= 11 is 1.60. The topological polar surface area (TPSA) is 72.5 Å². The number of piperazine rings is 1. The molecule has 0 atom stereocenters. The van der Waals surface area contributed by atoms with Crippen molar-refractivity contribution in [1.82, 2.24) is 20.0 Å². The predicted molar refractivity (Wildman–Crippen MR) is 130 cm³/mol. The van der Waals surface area contributed by atoms with Crippen molar-refractivity contribution in [2.45, 2.75) is 33.2 Å². The molecule has 3 aromatic rings. The smallest absolute Gasteiger partial charge is 0.274 e. The molecule has 0 aliphatic carbocycles. The highest BCUT2D eigenvalue weighted by atomic mass is 32.1. The molecule has 0 radical (unpaired) electrons. The largest absolute Gasteiger partial charge is 0.368 e. The molecule has 0 spiro atoms. The Morgan fingerprint density at radius 2 is 1.88 bits per heavy atom. The lowest BCUT2D eigenvalue weighted by Gasteiger charge is -2.37. The molecule has 8 heteroatoms. The number of aryl methyl sites for hydroxylation is 2. The third-order valence-electron chi connectivity index (χ3n) is 6.67. The second-order valence-corrected chi connectivity index (χ2v) is 9.95. The first-order valence-electron chi connectivity index (χ1n) is 11.5. The van der Waals surface area contributed by atoms with Crippen LogP contribution in [0, 0.1) is 13.8 Å². The molecule has 0 bridgehead atoms. The van der Waals surface area contributed by atoms with Gasteiger partial charge >= 0.3 is 0 Å². The zero-order valence-corrected chi connectivity index (χ0v) is 20.0. The van der Waals surface area contributed by atoms with E-state index in [4.69, 9.17) is 0 Å². The van der Waals surface area contributed by atoms with Crippen LogP contribution in [0.5, 0.6) is 0 Å². The van der Waals surface area contributed by atoms with Gasteiger partial charge in [0.25, 0.3) is 5.91 Å². The van der Waals surface area contributed by atoms with Crippen LogP contribution in [0.25, 0.3) is 0 Å². The highest BCUT2D eigenvalue weighted by Crippen LogP contribution is 2.25. The molecule has 0 unspecified atom stereocenters. The Labute approximate surface area is 198 Å². The summed E-state index contributed by atoms with van der Waals surface area (Å²) in [4.78, 5) is 33.3. The molecule has 33 heavy (non-hydrogen) atoms. The van der Waals surface area contributed by atoms with E-state index < -0.39 is 0 Å². The number of hydrogen-bond donors (Lipinski definition) is 1. The van der Waals surface area contributed by atoms with Gasteiger partial charge < -0.3 is 14.7 Å². The van der Waals surface area contributed by atoms with Gasteiger partial charge in [-0.1, -0.05) is 18.2 Å². The lowest BCUT2D eigenvalue weighted by molar-refractivity contribution is -0.131. The van der Waals surface area contributed by atoms with Gasteiger partial charge in [-0.2, -0.15) is 5.10 Å². The van der Waals surface area contributed by atoms with Crippen molar-refractivity contribution < 1.29 is 9.59 Å². The highest BCUT2D eigenvalue weighted by molar-refractivity contribution is 7.10. The summed E-state index contributed by atoms with van der Waals surface area (Å²) < 4.78 is 0. The predicted octanol–water partition coefficient (Wildman–Crippen LogP) is 3.18. The summed E-state index contributed by atoms with van der Waals surface area (Å²) in [5.41, 5.74) is 6.08. The first-order valence-corrected chi connectivity index (χ1v) is 12.4. The lowest BCUT2D eigenvalue weighted by atomic mass is 10.0. The van der Waals surface area contributed by atoms with Crippen molar-refractivity contribution in [3.63, 3.8) is 0 Å². The van der Waals surface area contributed by atoms with E-state index in [0.29, 0.717) is 44.7 Å². The minimum Gasteiger partial charge on any atom is -0.368 e. The summed E-state index contributed by atoms with van der Waals surface area (Å²) in [6.07, 6.45) is 1.11. The van der Waals surface area contributed by atoms with Gasteiger partial charge in [-0.05, 0) is 42.5 Å². The summed E-state index contributed by atoms with van der Waals surface area (Å²) in [5, 5.41) is 9.43. The van der Waals surface area contributed by atoms with E-state index >= 15 is 0 Å². The Morgan fingerprint density at radius 3 is 2.64 bits per heavy atom. The van der Waals surface area contributed by atoms with E-state index in [1.807, 2.05) is 27.3 Å². The number of fused-ring (bicyclic) bond motifs is 1. The number of rotatable bonds is 4. The molecule has 1 saturated heterocycles. The molecule has 2 aliphatic rings. The first kappa shape index (κ1) is 21.7. The maximum atomic E-state index is 13.4. The van der Waals surface area contributed by atoms with Crippen molar-refractivity contribution in [2.75, 3.05) is 37.6 Å². The fourth-order valence-corrected chi connectivity index (χ4v) is 5.42. The van der Waals surface area contributed by atoms with Gasteiger partial charge in [0.05, 0.1) is 6.42 Å². The maximum Gasteiger partial charge on any atom is 0.274 e. The van der Waals surface area contributed by atoms with Gasteiger partial charge in [0.1, 0.15) is 0 Å². The van der Waals surface area contributed by atoms with Crippen molar-refractivity contribution in [3.8, 4) is 0 Å². The van der Waals surface area contributed by atoms with Gasteiger partial charge in [-0.3, -0.25) is 14.7 Å². The van der Waals surface area contributed by atoms with Crippen LogP contribution in [0.2, 0.25) is 0 Å². The Kier molecular flexibility index (Phi) is 5.93. The number of carbonyl (C=O) groups excluding carboxylic acids is 2. The molecule has 2 aromatic heterocycles. The van der Waals surface area contributed by atoms with Gasteiger partial charge in [0, 0.05) is 67.5 Å². The van der Waals surface area contributed by atoms with Crippen molar-refractivity contribution >= 4 is 28.8 Å². The SMILES string of the molecule is Cc1ccc(C)c(N2CCN(C(=O)c3n[nH]c4c3CN(C(=O)Cc3cccs3)CC4)CC2)c1. The number of nitrogens with zero attached hydrogens (tertiary/aromatic N) is 4. The normalized spacial score (nSPS) is 16.1. The zero-order valence-electron chi connectivity index (χ0n) is 19.1. The van der Waals surface area contributed by atoms with Crippen LogP contribution in [-0.2, 0) is 24.2 Å². The number of thiophene rings is 1. The van der Waals surface area contributed by atoms with Crippen LogP contribution in [0.3, 0.4) is 0 Å². The van der Waals surface area contributed by atoms with Crippen LogP contribution >= 0.6 is 11.3 Å². The summed E-state index contributed by atoms with van der Waals surface area (Å²) in [7, 11) is 0. The summed E-state index contributed by atoms with van der Waals surface area (Å²) in [5.74, 6) is 0.0607. The Morgan fingerprint density at radius 1 is 1.06 bits per heavy atom. The van der Waals surface area contributed by atoms with Crippen LogP contribution in [0.1, 0.15) is 37.7 Å². The number of aromatic nitrogens is 2. The Balaban J connectivity index is 1.25. The molecule has 5 rings (SSSR count). The molecule has 1 N–H and O–H groups in total. The molecule has 4 heterocycles. The van der Waals surface area contributed by atoms with Gasteiger partial charge in [0.2, 0.25) is 5.91 Å². The molecule has 7 nitrogen and oxygen atoms in total. The second kappa shape index (κ2) is 9.02. The second-order valence-electron chi connectivity index (χ2n) is 8.92. The molecular weight excluding hydrogens is 434 g/mol. The standard InChI is InChI=1S/C25H29N5O2S/c1-17-5-6-18(2)22(14-17)28-9-11-29(12-10-28)25(32)24-20-16-30(8-7-21(20)26-27-24)23(31)15-19-4-3-13-33-19/h3-6,13-14H,7-12,15-16H2,1-2H3,(H,26,27). The van der Waals surface area contributed by atoms with E-state index in [0.717, 1.165) is 29.2 Å².